The Morgan fingerprint density at radius 1 is 1.12 bits per heavy atom. The van der Waals surface area contributed by atoms with Crippen LogP contribution in [-0.2, 0) is 11.2 Å². The number of fused-ring (bicyclic) bond motifs is 1. The second-order valence-corrected chi connectivity index (χ2v) is 5.93. The summed E-state index contributed by atoms with van der Waals surface area (Å²) in [7, 11) is 0. The molecule has 0 spiro atoms. The molecule has 1 heterocycles. The monoisotopic (exact) mass is 381 g/mol. The maximum Gasteiger partial charge on any atom is 0.241 e. The zero-order chi connectivity index (χ0) is 16.2. The third-order valence-corrected chi connectivity index (χ3v) is 4.28. The summed E-state index contributed by atoms with van der Waals surface area (Å²) in [4.78, 5) is 14.5. The van der Waals surface area contributed by atoms with Crippen LogP contribution >= 0.6 is 24.8 Å². The van der Waals surface area contributed by atoms with Crippen molar-refractivity contribution in [2.24, 2.45) is 5.73 Å². The molecule has 6 heteroatoms. The van der Waals surface area contributed by atoms with Gasteiger partial charge in [0, 0.05) is 12.2 Å². The fraction of sp³-hybridized carbons (Fsp3) is 0.316. The van der Waals surface area contributed by atoms with E-state index in [1.54, 1.807) is 0 Å². The molecule has 2 aromatic carbocycles. The number of anilines is 3. The largest absolute Gasteiger partial charge is 0.339 e. The maximum absolute atomic E-state index is 12.3. The molecular weight excluding hydrogens is 357 g/mol. The highest BCUT2D eigenvalue weighted by Crippen LogP contribution is 2.38. The van der Waals surface area contributed by atoms with Gasteiger partial charge in [0.05, 0.1) is 17.4 Å². The molecule has 1 atom stereocenters. The molecule has 3 rings (SSSR count). The van der Waals surface area contributed by atoms with Gasteiger partial charge in [-0.05, 0) is 36.6 Å². The average molecular weight is 382 g/mol. The predicted molar refractivity (Wildman–Crippen MR) is 110 cm³/mol. The molecule has 4 nitrogen and oxygen atoms in total. The summed E-state index contributed by atoms with van der Waals surface area (Å²) >= 11 is 0. The molecule has 0 fully saturated rings. The van der Waals surface area contributed by atoms with Crippen molar-refractivity contribution in [2.45, 2.75) is 32.2 Å². The van der Waals surface area contributed by atoms with Gasteiger partial charge in [-0.2, -0.15) is 0 Å². The summed E-state index contributed by atoms with van der Waals surface area (Å²) in [5, 5.41) is 3.00. The van der Waals surface area contributed by atoms with E-state index in [9.17, 15) is 4.79 Å². The number of hydrogen-bond donors (Lipinski definition) is 2. The number of benzene rings is 2. The highest BCUT2D eigenvalue weighted by Gasteiger charge is 2.23. The van der Waals surface area contributed by atoms with Gasteiger partial charge in [-0.3, -0.25) is 4.79 Å². The van der Waals surface area contributed by atoms with Crippen LogP contribution in [0.4, 0.5) is 17.1 Å². The number of hydrogen-bond acceptors (Lipinski definition) is 3. The van der Waals surface area contributed by atoms with E-state index < -0.39 is 6.04 Å². The van der Waals surface area contributed by atoms with Gasteiger partial charge in [0.2, 0.25) is 5.91 Å². The van der Waals surface area contributed by atoms with Crippen LogP contribution in [0.1, 0.15) is 25.3 Å². The smallest absolute Gasteiger partial charge is 0.241 e. The molecule has 136 valence electrons. The Morgan fingerprint density at radius 2 is 1.76 bits per heavy atom. The van der Waals surface area contributed by atoms with E-state index in [4.69, 9.17) is 5.73 Å². The standard InChI is InChI=1S/C19H23N3O.2ClH/c1-2-7-15(20)19(23)21-16-9-4-6-11-18(16)22-13-12-14-8-3-5-10-17(14)22;;/h3-6,8-11,15H,2,7,12-13,20H2,1H3,(H,21,23);2*1H. The number of carbonyl (C=O) groups excluding carboxylic acids is 1. The summed E-state index contributed by atoms with van der Waals surface area (Å²) in [6.07, 6.45) is 2.62. The molecule has 25 heavy (non-hydrogen) atoms. The van der Waals surface area contributed by atoms with Crippen molar-refractivity contribution < 1.29 is 4.79 Å². The number of halogens is 2. The summed E-state index contributed by atoms with van der Waals surface area (Å²) < 4.78 is 0. The van der Waals surface area contributed by atoms with Crippen molar-refractivity contribution in [3.05, 3.63) is 54.1 Å². The molecule has 0 bridgehead atoms. The maximum atomic E-state index is 12.3. The molecule has 1 unspecified atom stereocenters. The number of para-hydroxylation sites is 3. The van der Waals surface area contributed by atoms with E-state index in [0.717, 1.165) is 30.8 Å². The van der Waals surface area contributed by atoms with Gasteiger partial charge in [-0.1, -0.05) is 43.7 Å². The second-order valence-electron chi connectivity index (χ2n) is 5.93. The number of nitrogens with one attached hydrogen (secondary N) is 1. The molecule has 3 N–H and O–H groups in total. The van der Waals surface area contributed by atoms with Crippen LogP contribution in [0, 0.1) is 0 Å². The van der Waals surface area contributed by atoms with E-state index in [-0.39, 0.29) is 30.7 Å². The first-order valence-corrected chi connectivity index (χ1v) is 8.21. The number of nitrogens with zero attached hydrogens (tertiary/aromatic N) is 1. The normalized spacial score (nSPS) is 13.3. The van der Waals surface area contributed by atoms with Crippen LogP contribution in [0.2, 0.25) is 0 Å². The first-order valence-electron chi connectivity index (χ1n) is 8.21. The van der Waals surface area contributed by atoms with Crippen LogP contribution in [0.5, 0.6) is 0 Å². The quantitative estimate of drug-likeness (QED) is 0.811. The Hall–Kier alpha value is -1.75. The van der Waals surface area contributed by atoms with Crippen molar-refractivity contribution in [3.8, 4) is 0 Å². The molecule has 1 aliphatic heterocycles. The van der Waals surface area contributed by atoms with Crippen LogP contribution in [0.15, 0.2) is 48.5 Å². The minimum atomic E-state index is -0.459. The van der Waals surface area contributed by atoms with Crippen molar-refractivity contribution in [2.75, 3.05) is 16.8 Å². The number of nitrogens with two attached hydrogens (primary N) is 1. The minimum Gasteiger partial charge on any atom is -0.339 e. The number of amides is 1. The Morgan fingerprint density at radius 3 is 2.48 bits per heavy atom. The SMILES string of the molecule is CCCC(N)C(=O)Nc1ccccc1N1CCc2ccccc21.Cl.Cl. The van der Waals surface area contributed by atoms with Crippen molar-refractivity contribution in [1.29, 1.82) is 0 Å². The van der Waals surface area contributed by atoms with E-state index in [1.165, 1.54) is 11.3 Å². The van der Waals surface area contributed by atoms with Gasteiger partial charge in [-0.15, -0.1) is 24.8 Å². The first-order chi connectivity index (χ1) is 11.2. The average Bonchev–Trinajstić information content (AvgIpc) is 2.99. The Bertz CT molecular complexity index is 709. The van der Waals surface area contributed by atoms with Crippen molar-refractivity contribution in [3.63, 3.8) is 0 Å². The second kappa shape index (κ2) is 9.66. The third-order valence-electron chi connectivity index (χ3n) is 4.28. The number of carbonyl (C=O) groups is 1. The van der Waals surface area contributed by atoms with Crippen LogP contribution in [0.25, 0.3) is 0 Å². The van der Waals surface area contributed by atoms with Gasteiger partial charge < -0.3 is 16.0 Å². The summed E-state index contributed by atoms with van der Waals surface area (Å²) in [6.45, 7) is 2.95. The Kier molecular flexibility index (Phi) is 8.23. The molecular formula is C19H25Cl2N3O. The summed E-state index contributed by atoms with van der Waals surface area (Å²) in [5.41, 5.74) is 10.3. The molecule has 0 aliphatic carbocycles. The highest BCUT2D eigenvalue weighted by molar-refractivity contribution is 5.98. The topological polar surface area (TPSA) is 58.4 Å². The fourth-order valence-electron chi connectivity index (χ4n) is 3.07. The first kappa shape index (κ1) is 21.3. The lowest BCUT2D eigenvalue weighted by Gasteiger charge is -2.23. The predicted octanol–water partition coefficient (Wildman–Crippen LogP) is 4.29. The Balaban J connectivity index is 0.00000156. The van der Waals surface area contributed by atoms with E-state index in [1.807, 2.05) is 31.2 Å². The van der Waals surface area contributed by atoms with E-state index in [0.29, 0.717) is 6.42 Å². The number of rotatable bonds is 5. The van der Waals surface area contributed by atoms with Gasteiger partial charge >= 0.3 is 0 Å². The van der Waals surface area contributed by atoms with Crippen LogP contribution < -0.4 is 16.0 Å². The molecule has 1 amide bonds. The molecule has 0 saturated heterocycles. The van der Waals surface area contributed by atoms with Gasteiger partial charge in [0.15, 0.2) is 0 Å². The highest BCUT2D eigenvalue weighted by atomic mass is 35.5. The minimum absolute atomic E-state index is 0. The summed E-state index contributed by atoms with van der Waals surface area (Å²) in [5.74, 6) is -0.119. The van der Waals surface area contributed by atoms with E-state index in [2.05, 4.69) is 34.5 Å². The third kappa shape index (κ3) is 4.66. The molecule has 0 radical (unpaired) electrons. The molecule has 1 aliphatic rings. The summed E-state index contributed by atoms with van der Waals surface area (Å²) in [6, 6.07) is 15.9. The van der Waals surface area contributed by atoms with Crippen molar-refractivity contribution in [1.82, 2.24) is 0 Å². The zero-order valence-electron chi connectivity index (χ0n) is 14.3. The lowest BCUT2D eigenvalue weighted by molar-refractivity contribution is -0.117. The zero-order valence-corrected chi connectivity index (χ0v) is 15.9. The molecule has 0 aromatic heterocycles. The van der Waals surface area contributed by atoms with E-state index >= 15 is 0 Å². The van der Waals surface area contributed by atoms with Gasteiger partial charge in [0.25, 0.3) is 0 Å². The van der Waals surface area contributed by atoms with Crippen LogP contribution in [-0.4, -0.2) is 18.5 Å². The molecule has 2 aromatic rings. The fourth-order valence-corrected chi connectivity index (χ4v) is 3.07. The van der Waals surface area contributed by atoms with Crippen LogP contribution in [0.3, 0.4) is 0 Å². The van der Waals surface area contributed by atoms with Gasteiger partial charge in [0.1, 0.15) is 0 Å². The Labute approximate surface area is 161 Å². The van der Waals surface area contributed by atoms with Gasteiger partial charge in [-0.25, -0.2) is 0 Å². The lowest BCUT2D eigenvalue weighted by atomic mass is 10.1. The lowest BCUT2D eigenvalue weighted by Crippen LogP contribution is -2.35. The van der Waals surface area contributed by atoms with Crippen molar-refractivity contribution >= 4 is 47.8 Å². The molecule has 0 saturated carbocycles.